The lowest BCUT2D eigenvalue weighted by Crippen LogP contribution is -2.11. The van der Waals surface area contributed by atoms with Gasteiger partial charge in [-0.15, -0.1) is 0 Å². The Balaban J connectivity index is 1.45. The molecule has 1 heterocycles. The third kappa shape index (κ3) is 11.9. The zero-order valence-electron chi connectivity index (χ0n) is 38.0. The highest BCUT2D eigenvalue weighted by atomic mass is 32.2. The second-order valence-electron chi connectivity index (χ2n) is 15.8. The van der Waals surface area contributed by atoms with E-state index in [2.05, 4.69) is 173 Å². The van der Waals surface area contributed by atoms with E-state index in [4.69, 9.17) is 35.4 Å². The third-order valence-electron chi connectivity index (χ3n) is 10.4. The molecule has 68 heavy (non-hydrogen) atoms. The van der Waals surface area contributed by atoms with Gasteiger partial charge in [0, 0.05) is 31.4 Å². The smallest absolute Gasteiger partial charge is 0.313 e. The van der Waals surface area contributed by atoms with Crippen molar-refractivity contribution in [2.24, 2.45) is 30.7 Å². The first-order valence-electron chi connectivity index (χ1n) is 22.0. The molecule has 8 aromatic carbocycles. The highest BCUT2D eigenvalue weighted by Crippen LogP contribution is 2.27. The van der Waals surface area contributed by atoms with Gasteiger partial charge >= 0.3 is 11.3 Å². The van der Waals surface area contributed by atoms with Crippen LogP contribution in [0.2, 0.25) is 0 Å². The van der Waals surface area contributed by atoms with Crippen LogP contribution >= 0.6 is 0 Å². The largest absolute Gasteiger partial charge is 0.394 e. The maximum Gasteiger partial charge on any atom is 0.313 e. The van der Waals surface area contributed by atoms with Crippen molar-refractivity contribution < 1.29 is 0 Å². The van der Waals surface area contributed by atoms with Gasteiger partial charge in [0.1, 0.15) is 0 Å². The summed E-state index contributed by atoms with van der Waals surface area (Å²) in [5, 5.41) is 0. The molecular formula is C56H48N8S4. The molecule has 4 atom stereocenters. The van der Waals surface area contributed by atoms with Crippen molar-refractivity contribution in [2.75, 3.05) is 0 Å². The molecule has 0 aliphatic carbocycles. The molecular weight excluding hydrogens is 913 g/mol. The molecule has 0 N–H and O–H groups in total. The summed E-state index contributed by atoms with van der Waals surface area (Å²) in [6.45, 7) is 8.32. The molecule has 0 bridgehead atoms. The van der Waals surface area contributed by atoms with Crippen molar-refractivity contribution in [3.05, 3.63) is 268 Å². The summed E-state index contributed by atoms with van der Waals surface area (Å²) < 4.78 is 44.6. The Bertz CT molecular complexity index is 3230. The summed E-state index contributed by atoms with van der Waals surface area (Å²) in [4.78, 5) is 3.60. The number of hydrogen-bond donors (Lipinski definition) is 0. The molecule has 0 saturated heterocycles. The van der Waals surface area contributed by atoms with E-state index in [-0.39, 0.29) is 0 Å². The van der Waals surface area contributed by atoms with Gasteiger partial charge in [0.2, 0.25) is 16.6 Å². The Morgan fingerprint density at radius 2 is 0.691 bits per heavy atom. The number of rotatable bonds is 8. The van der Waals surface area contributed by atoms with E-state index in [1.54, 1.807) is 0 Å². The van der Waals surface area contributed by atoms with Crippen molar-refractivity contribution in [2.45, 2.75) is 47.3 Å². The van der Waals surface area contributed by atoms with Crippen molar-refractivity contribution in [3.63, 3.8) is 0 Å². The van der Waals surface area contributed by atoms with Crippen LogP contribution in [0.25, 0.3) is 4.72 Å². The summed E-state index contributed by atoms with van der Waals surface area (Å²) in [5.41, 5.74) is 7.84. The highest BCUT2D eigenvalue weighted by molar-refractivity contribution is 7.95. The van der Waals surface area contributed by atoms with Crippen molar-refractivity contribution in [1.82, 2.24) is 0 Å². The quantitative estimate of drug-likeness (QED) is 0.136. The summed E-state index contributed by atoms with van der Waals surface area (Å²) in [6, 6.07) is 73.9. The van der Waals surface area contributed by atoms with E-state index in [1.807, 2.05) is 72.8 Å². The first-order valence-corrected chi connectivity index (χ1v) is 26.5. The Labute approximate surface area is 410 Å². The van der Waals surface area contributed by atoms with Crippen LogP contribution in [0.15, 0.2) is 269 Å². The van der Waals surface area contributed by atoms with Crippen molar-refractivity contribution in [3.8, 4) is 0 Å². The van der Waals surface area contributed by atoms with Gasteiger partial charge in [0.15, 0.2) is 5.84 Å². The summed E-state index contributed by atoms with van der Waals surface area (Å²) >= 11 is -1.17. The van der Waals surface area contributed by atoms with E-state index in [1.165, 1.54) is 0 Å². The normalized spacial score (nSPS) is 21.5. The van der Waals surface area contributed by atoms with Crippen molar-refractivity contribution >= 4 is 67.2 Å². The molecule has 0 radical (unpaired) electrons. The van der Waals surface area contributed by atoms with Crippen LogP contribution < -0.4 is 0 Å². The molecule has 8 aromatic rings. The Morgan fingerprint density at radius 3 is 1.12 bits per heavy atom. The molecule has 336 valence electrons. The van der Waals surface area contributed by atoms with Gasteiger partial charge in [-0.05, 0) is 118 Å². The summed E-state index contributed by atoms with van der Waals surface area (Å²) in [5.74, 6) is 2.01. The minimum absolute atomic E-state index is 0.504. The van der Waals surface area contributed by atoms with Crippen LogP contribution in [0.5, 0.6) is 0 Å². The molecule has 1 aliphatic heterocycles. The molecule has 0 fully saturated rings. The lowest BCUT2D eigenvalue weighted by molar-refractivity contribution is 1.39. The monoisotopic (exact) mass is 960 g/mol. The van der Waals surface area contributed by atoms with E-state index in [0.717, 1.165) is 64.1 Å². The second kappa shape index (κ2) is 22.2. The van der Waals surface area contributed by atoms with E-state index < -0.39 is 43.9 Å². The number of amidine groups is 4. The molecule has 0 amide bonds. The van der Waals surface area contributed by atoms with Gasteiger partial charge in [-0.3, -0.25) is 0 Å². The lowest BCUT2D eigenvalue weighted by Gasteiger charge is -2.24. The Hall–Kier alpha value is -6.96. The minimum atomic E-state index is -1.17. The van der Waals surface area contributed by atoms with Crippen LogP contribution in [0.1, 0.15) is 44.5 Å². The lowest BCUT2D eigenvalue weighted by atomic mass is 10.1. The van der Waals surface area contributed by atoms with Crippen LogP contribution in [-0.2, 0) is 43.9 Å². The number of nitrogens with zero attached hydrogens (tertiary/aromatic N) is 8. The van der Waals surface area contributed by atoms with Gasteiger partial charge < -0.3 is 9.12 Å². The molecule has 0 saturated carbocycles. The summed E-state index contributed by atoms with van der Waals surface area (Å²) in [6.07, 6.45) is 0. The predicted octanol–water partition coefficient (Wildman–Crippen LogP) is 14.2. The van der Waals surface area contributed by atoms with Gasteiger partial charge in [-0.2, -0.15) is 13.1 Å². The average Bonchev–Trinajstić information content (AvgIpc) is 3.38. The molecule has 1 aliphatic rings. The predicted molar refractivity (Wildman–Crippen MR) is 290 cm³/mol. The van der Waals surface area contributed by atoms with Crippen LogP contribution in [-0.4, -0.2) is 23.3 Å². The third-order valence-corrected chi connectivity index (χ3v) is 16.0. The molecule has 0 aromatic heterocycles. The van der Waals surface area contributed by atoms with E-state index in [9.17, 15) is 0 Å². The SMILES string of the molecule is Cc1ccc(/C2=N/[S@@](c3ccccc3)=N\C(c3ccc(C)cc3)=N/[S+](c3ccccc3)/N=C(c3ccc(C)cc3)/N=[S@@](c3ccccc3)\N=C(/c3ccc(C)cc3)[N-][S@](c3ccccc3)=N2)cc1. The molecule has 0 spiro atoms. The fraction of sp³-hybridized carbons (Fsp3) is 0.0714. The number of benzene rings is 8. The maximum absolute atomic E-state index is 5.57. The standard InChI is InChI=1S/C56H48N8S4/c1-41-25-33-45(34-26-41)53-57-65(49-17-9-5-10-18-49)59-54(46-35-27-42(2)28-36-46)61-67(51-21-13-7-14-22-51)63-56(48-39-31-44(4)32-40-48)64-68(52-23-15-8-16-24-52)62-55(47-37-29-43(3)30-38-47)60-66(58-53)50-19-11-6-12-20-50/h5-40H,1-4H3/t65-,66-,67+,68?. The zero-order valence-corrected chi connectivity index (χ0v) is 41.3. The van der Waals surface area contributed by atoms with Gasteiger partial charge in [-0.1, -0.05) is 192 Å². The highest BCUT2D eigenvalue weighted by Gasteiger charge is 2.28. The fourth-order valence-electron chi connectivity index (χ4n) is 6.63. The van der Waals surface area contributed by atoms with Crippen molar-refractivity contribution in [1.29, 1.82) is 0 Å². The zero-order chi connectivity index (χ0) is 46.7. The van der Waals surface area contributed by atoms with Crippen LogP contribution in [0.4, 0.5) is 0 Å². The minimum Gasteiger partial charge on any atom is -0.394 e. The Morgan fingerprint density at radius 1 is 0.338 bits per heavy atom. The first kappa shape index (κ1) is 46.2. The molecule has 1 unspecified atom stereocenters. The van der Waals surface area contributed by atoms with Gasteiger partial charge in [-0.25, -0.2) is 4.36 Å². The van der Waals surface area contributed by atoms with E-state index >= 15 is 0 Å². The molecule has 12 heteroatoms. The van der Waals surface area contributed by atoms with Gasteiger partial charge in [0.05, 0.1) is 10.9 Å². The topological polar surface area (TPSA) is 101 Å². The first-order chi connectivity index (χ1) is 33.3. The van der Waals surface area contributed by atoms with Crippen LogP contribution in [0.3, 0.4) is 0 Å². The average molecular weight is 961 g/mol. The van der Waals surface area contributed by atoms with E-state index in [0.29, 0.717) is 23.3 Å². The van der Waals surface area contributed by atoms with Crippen LogP contribution in [0, 0.1) is 27.7 Å². The maximum atomic E-state index is 5.57. The number of aryl methyl sites for hydroxylation is 4. The fourth-order valence-corrected chi connectivity index (χ4v) is 11.9. The summed E-state index contributed by atoms with van der Waals surface area (Å²) in [7, 11) is -3.51. The molecule has 8 nitrogen and oxygen atoms in total. The number of hydrogen-bond acceptors (Lipinski definition) is 7. The second-order valence-corrected chi connectivity index (χ2v) is 21.3. The molecule has 9 rings (SSSR count). The van der Waals surface area contributed by atoms with Gasteiger partial charge in [0.25, 0.3) is 0 Å². The Kier molecular flexibility index (Phi) is 15.1.